The predicted molar refractivity (Wildman–Crippen MR) is 79.7 cm³/mol. The Morgan fingerprint density at radius 3 is 2.35 bits per heavy atom. The highest BCUT2D eigenvalue weighted by Gasteiger charge is 2.16. The van der Waals surface area contributed by atoms with Crippen molar-refractivity contribution >= 4 is 11.6 Å². The first kappa shape index (κ1) is 14.6. The Balaban J connectivity index is 2.60. The van der Waals surface area contributed by atoms with E-state index in [2.05, 4.69) is 23.8 Å². The standard InChI is InChI=1S/C15H17ClN2O2/c1-9(2)13-14(17-8-18-15(13)16)10-5-6-11(19-3)12(7-10)20-4/h5-9H,1-4H3. The molecular formula is C15H17ClN2O2. The topological polar surface area (TPSA) is 44.2 Å². The lowest BCUT2D eigenvalue weighted by molar-refractivity contribution is 0.355. The summed E-state index contributed by atoms with van der Waals surface area (Å²) >= 11 is 6.20. The van der Waals surface area contributed by atoms with Crippen LogP contribution in [0.1, 0.15) is 25.3 Å². The van der Waals surface area contributed by atoms with Gasteiger partial charge in [0.05, 0.1) is 19.9 Å². The van der Waals surface area contributed by atoms with Gasteiger partial charge in [-0.1, -0.05) is 25.4 Å². The lowest BCUT2D eigenvalue weighted by atomic mass is 9.98. The van der Waals surface area contributed by atoms with Crippen molar-refractivity contribution in [1.82, 2.24) is 9.97 Å². The van der Waals surface area contributed by atoms with Crippen LogP contribution in [-0.2, 0) is 0 Å². The second kappa shape index (κ2) is 6.09. The van der Waals surface area contributed by atoms with Crippen LogP contribution in [0.2, 0.25) is 5.15 Å². The smallest absolute Gasteiger partial charge is 0.161 e. The van der Waals surface area contributed by atoms with Gasteiger partial charge in [0, 0.05) is 11.1 Å². The van der Waals surface area contributed by atoms with Crippen molar-refractivity contribution in [3.63, 3.8) is 0 Å². The Bertz CT molecular complexity index is 615. The summed E-state index contributed by atoms with van der Waals surface area (Å²) in [5, 5.41) is 0.486. The van der Waals surface area contributed by atoms with Gasteiger partial charge in [-0.3, -0.25) is 0 Å². The molecule has 0 amide bonds. The average Bonchev–Trinajstić information content (AvgIpc) is 2.45. The summed E-state index contributed by atoms with van der Waals surface area (Å²) in [4.78, 5) is 8.43. The number of rotatable bonds is 4. The first-order chi connectivity index (χ1) is 9.58. The van der Waals surface area contributed by atoms with Crippen molar-refractivity contribution in [1.29, 1.82) is 0 Å². The van der Waals surface area contributed by atoms with Crippen molar-refractivity contribution in [2.45, 2.75) is 19.8 Å². The summed E-state index contributed by atoms with van der Waals surface area (Å²) in [5.74, 6) is 1.57. The summed E-state index contributed by atoms with van der Waals surface area (Å²) in [6.45, 7) is 4.13. The number of hydrogen-bond donors (Lipinski definition) is 0. The quantitative estimate of drug-likeness (QED) is 0.801. The molecule has 0 unspecified atom stereocenters. The number of nitrogens with zero attached hydrogens (tertiary/aromatic N) is 2. The van der Waals surface area contributed by atoms with Gasteiger partial charge in [0.25, 0.3) is 0 Å². The molecule has 4 nitrogen and oxygen atoms in total. The van der Waals surface area contributed by atoms with Gasteiger partial charge < -0.3 is 9.47 Å². The summed E-state index contributed by atoms with van der Waals surface area (Å²) in [6.07, 6.45) is 1.47. The van der Waals surface area contributed by atoms with Gasteiger partial charge in [-0.2, -0.15) is 0 Å². The molecule has 2 aromatic rings. The summed E-state index contributed by atoms with van der Waals surface area (Å²) in [6, 6.07) is 5.68. The van der Waals surface area contributed by atoms with E-state index in [1.165, 1.54) is 6.33 Å². The minimum atomic E-state index is 0.229. The van der Waals surface area contributed by atoms with E-state index in [9.17, 15) is 0 Å². The van der Waals surface area contributed by atoms with Crippen LogP contribution in [0.15, 0.2) is 24.5 Å². The van der Waals surface area contributed by atoms with Crippen molar-refractivity contribution in [3.05, 3.63) is 35.2 Å². The molecule has 1 aromatic carbocycles. The highest BCUT2D eigenvalue weighted by molar-refractivity contribution is 6.30. The third-order valence-electron chi connectivity index (χ3n) is 3.07. The van der Waals surface area contributed by atoms with Crippen molar-refractivity contribution in [2.24, 2.45) is 0 Å². The Morgan fingerprint density at radius 2 is 1.75 bits per heavy atom. The summed E-state index contributed by atoms with van der Waals surface area (Å²) < 4.78 is 10.6. The number of aromatic nitrogens is 2. The molecule has 0 spiro atoms. The zero-order chi connectivity index (χ0) is 14.7. The van der Waals surface area contributed by atoms with Crippen molar-refractivity contribution in [3.8, 4) is 22.8 Å². The van der Waals surface area contributed by atoms with E-state index in [1.807, 2.05) is 18.2 Å². The minimum Gasteiger partial charge on any atom is -0.493 e. The van der Waals surface area contributed by atoms with Crippen LogP contribution in [0.4, 0.5) is 0 Å². The average molecular weight is 293 g/mol. The Morgan fingerprint density at radius 1 is 1.05 bits per heavy atom. The molecule has 1 aromatic heterocycles. The molecule has 2 rings (SSSR count). The molecule has 1 heterocycles. The maximum atomic E-state index is 6.20. The normalized spacial score (nSPS) is 10.7. The van der Waals surface area contributed by atoms with Crippen LogP contribution in [0.5, 0.6) is 11.5 Å². The van der Waals surface area contributed by atoms with Gasteiger partial charge >= 0.3 is 0 Å². The Kier molecular flexibility index (Phi) is 4.45. The van der Waals surface area contributed by atoms with Crippen molar-refractivity contribution < 1.29 is 9.47 Å². The molecule has 0 radical (unpaired) electrons. The minimum absolute atomic E-state index is 0.229. The first-order valence-electron chi connectivity index (χ1n) is 6.31. The molecule has 106 valence electrons. The molecule has 0 fully saturated rings. The molecule has 0 bridgehead atoms. The zero-order valence-corrected chi connectivity index (χ0v) is 12.7. The fourth-order valence-electron chi connectivity index (χ4n) is 2.10. The Labute approximate surface area is 123 Å². The van der Waals surface area contributed by atoms with E-state index in [0.29, 0.717) is 16.7 Å². The molecule has 0 saturated heterocycles. The van der Waals surface area contributed by atoms with E-state index < -0.39 is 0 Å². The monoisotopic (exact) mass is 292 g/mol. The van der Waals surface area contributed by atoms with Crippen LogP contribution in [0, 0.1) is 0 Å². The van der Waals surface area contributed by atoms with Crippen LogP contribution in [0.3, 0.4) is 0 Å². The second-order valence-corrected chi connectivity index (χ2v) is 5.01. The first-order valence-corrected chi connectivity index (χ1v) is 6.69. The highest BCUT2D eigenvalue weighted by Crippen LogP contribution is 2.36. The van der Waals surface area contributed by atoms with Crippen LogP contribution < -0.4 is 9.47 Å². The zero-order valence-electron chi connectivity index (χ0n) is 12.0. The predicted octanol–water partition coefficient (Wildman–Crippen LogP) is 3.94. The van der Waals surface area contributed by atoms with E-state index >= 15 is 0 Å². The molecule has 0 atom stereocenters. The van der Waals surface area contributed by atoms with E-state index in [4.69, 9.17) is 21.1 Å². The molecular weight excluding hydrogens is 276 g/mol. The summed E-state index contributed by atoms with van der Waals surface area (Å²) in [5.41, 5.74) is 2.68. The molecule has 5 heteroatoms. The molecule has 0 saturated carbocycles. The van der Waals surface area contributed by atoms with Gasteiger partial charge in [-0.25, -0.2) is 9.97 Å². The SMILES string of the molecule is COc1ccc(-c2ncnc(Cl)c2C(C)C)cc1OC. The molecule has 0 aliphatic heterocycles. The number of hydrogen-bond acceptors (Lipinski definition) is 4. The number of ether oxygens (including phenoxy) is 2. The lowest BCUT2D eigenvalue weighted by Crippen LogP contribution is -1.99. The third-order valence-corrected chi connectivity index (χ3v) is 3.37. The molecule has 0 aliphatic carbocycles. The van der Waals surface area contributed by atoms with Crippen molar-refractivity contribution in [2.75, 3.05) is 14.2 Å². The van der Waals surface area contributed by atoms with Crippen LogP contribution >= 0.6 is 11.6 Å². The van der Waals surface area contributed by atoms with E-state index in [0.717, 1.165) is 16.8 Å². The summed E-state index contributed by atoms with van der Waals surface area (Å²) in [7, 11) is 3.22. The second-order valence-electron chi connectivity index (χ2n) is 4.65. The van der Waals surface area contributed by atoms with Gasteiger partial charge in [-0.05, 0) is 24.1 Å². The molecule has 0 N–H and O–H groups in total. The van der Waals surface area contributed by atoms with Gasteiger partial charge in [-0.15, -0.1) is 0 Å². The van der Waals surface area contributed by atoms with E-state index in [-0.39, 0.29) is 5.92 Å². The molecule has 0 aliphatic rings. The largest absolute Gasteiger partial charge is 0.493 e. The fraction of sp³-hybridized carbons (Fsp3) is 0.333. The maximum Gasteiger partial charge on any atom is 0.161 e. The number of benzene rings is 1. The Hall–Kier alpha value is -1.81. The van der Waals surface area contributed by atoms with Gasteiger partial charge in [0.1, 0.15) is 11.5 Å². The van der Waals surface area contributed by atoms with Crippen LogP contribution in [-0.4, -0.2) is 24.2 Å². The highest BCUT2D eigenvalue weighted by atomic mass is 35.5. The third kappa shape index (κ3) is 2.70. The maximum absolute atomic E-state index is 6.20. The number of halogens is 1. The van der Waals surface area contributed by atoms with Crippen LogP contribution in [0.25, 0.3) is 11.3 Å². The lowest BCUT2D eigenvalue weighted by Gasteiger charge is -2.14. The fourth-order valence-corrected chi connectivity index (χ4v) is 2.45. The molecule has 20 heavy (non-hydrogen) atoms. The van der Waals surface area contributed by atoms with Gasteiger partial charge in [0.2, 0.25) is 0 Å². The van der Waals surface area contributed by atoms with E-state index in [1.54, 1.807) is 14.2 Å². The van der Waals surface area contributed by atoms with Gasteiger partial charge in [0.15, 0.2) is 11.5 Å². The number of methoxy groups -OCH3 is 2.